The van der Waals surface area contributed by atoms with Gasteiger partial charge >= 0.3 is 0 Å². The Morgan fingerprint density at radius 3 is 2.91 bits per heavy atom. The van der Waals surface area contributed by atoms with Crippen molar-refractivity contribution in [1.82, 2.24) is 9.78 Å². The lowest BCUT2D eigenvalue weighted by Gasteiger charge is -2.10. The number of carbonyl (C=O) groups excluding carboxylic acids is 1. The molecular weight excluding hydrogens is 282 g/mol. The normalized spacial score (nSPS) is 10.5. The molecule has 0 bridgehead atoms. The molecule has 0 fully saturated rings. The minimum absolute atomic E-state index is 0.185. The molecule has 0 radical (unpaired) electrons. The summed E-state index contributed by atoms with van der Waals surface area (Å²) in [4.78, 5) is 12.4. The minimum Gasteiger partial charge on any atom is -0.491 e. The van der Waals surface area contributed by atoms with Gasteiger partial charge in [-0.25, -0.2) is 4.68 Å². The van der Waals surface area contributed by atoms with Crippen LogP contribution in [0.1, 0.15) is 22.8 Å². The van der Waals surface area contributed by atoms with E-state index in [4.69, 9.17) is 9.47 Å². The van der Waals surface area contributed by atoms with Gasteiger partial charge in [0.25, 0.3) is 5.91 Å². The van der Waals surface area contributed by atoms with E-state index < -0.39 is 0 Å². The number of methoxy groups -OCH3 is 1. The highest BCUT2D eigenvalue weighted by Crippen LogP contribution is 2.17. The Hall–Kier alpha value is -2.34. The number of aryl methyl sites for hydroxylation is 2. The van der Waals surface area contributed by atoms with Gasteiger partial charge in [0.1, 0.15) is 18.2 Å². The quantitative estimate of drug-likeness (QED) is 0.798. The van der Waals surface area contributed by atoms with Crippen LogP contribution in [0.25, 0.3) is 0 Å². The number of hydrogen-bond acceptors (Lipinski definition) is 4. The maximum absolute atomic E-state index is 12.4. The van der Waals surface area contributed by atoms with Gasteiger partial charge < -0.3 is 14.8 Å². The summed E-state index contributed by atoms with van der Waals surface area (Å²) in [5.41, 5.74) is 1.47. The molecule has 6 nitrogen and oxygen atoms in total. The molecule has 0 spiro atoms. The van der Waals surface area contributed by atoms with Crippen molar-refractivity contribution < 1.29 is 14.3 Å². The molecule has 1 amide bonds. The third kappa shape index (κ3) is 3.85. The zero-order chi connectivity index (χ0) is 15.9. The molecule has 22 heavy (non-hydrogen) atoms. The number of nitrogens with zero attached hydrogens (tertiary/aromatic N) is 2. The highest BCUT2D eigenvalue weighted by molar-refractivity contribution is 6.04. The van der Waals surface area contributed by atoms with Crippen LogP contribution in [0.4, 0.5) is 5.82 Å². The highest BCUT2D eigenvalue weighted by Gasteiger charge is 2.12. The Kier molecular flexibility index (Phi) is 5.55. The molecule has 1 aromatic heterocycles. The Morgan fingerprint density at radius 1 is 1.36 bits per heavy atom. The number of ether oxygens (including phenoxy) is 2. The number of rotatable bonds is 7. The number of carbonyl (C=O) groups is 1. The van der Waals surface area contributed by atoms with Gasteiger partial charge in [-0.05, 0) is 32.0 Å². The van der Waals surface area contributed by atoms with E-state index in [1.165, 1.54) is 0 Å². The lowest BCUT2D eigenvalue weighted by Crippen LogP contribution is -2.16. The van der Waals surface area contributed by atoms with E-state index in [9.17, 15) is 4.79 Å². The van der Waals surface area contributed by atoms with Crippen molar-refractivity contribution in [2.45, 2.75) is 20.4 Å². The van der Waals surface area contributed by atoms with Crippen LogP contribution in [0.5, 0.6) is 5.75 Å². The summed E-state index contributed by atoms with van der Waals surface area (Å²) < 4.78 is 12.2. The summed E-state index contributed by atoms with van der Waals surface area (Å²) in [6, 6.07) is 7.07. The lowest BCUT2D eigenvalue weighted by atomic mass is 10.2. The Balaban J connectivity index is 2.09. The number of aromatic nitrogens is 2. The van der Waals surface area contributed by atoms with Gasteiger partial charge in [-0.3, -0.25) is 4.79 Å². The van der Waals surface area contributed by atoms with Crippen LogP contribution >= 0.6 is 0 Å². The van der Waals surface area contributed by atoms with Crippen molar-refractivity contribution in [2.24, 2.45) is 0 Å². The molecule has 6 heteroatoms. The fraction of sp³-hybridized carbons (Fsp3) is 0.375. The van der Waals surface area contributed by atoms with Crippen molar-refractivity contribution in [3.63, 3.8) is 0 Å². The van der Waals surface area contributed by atoms with Crippen molar-refractivity contribution in [3.8, 4) is 5.75 Å². The summed E-state index contributed by atoms with van der Waals surface area (Å²) in [6.45, 7) is 5.55. The van der Waals surface area contributed by atoms with Gasteiger partial charge in [0, 0.05) is 24.8 Å². The van der Waals surface area contributed by atoms with Crippen molar-refractivity contribution >= 4 is 11.7 Å². The molecule has 118 valence electrons. The second-order valence-corrected chi connectivity index (χ2v) is 4.82. The largest absolute Gasteiger partial charge is 0.491 e. The molecule has 0 aliphatic heterocycles. The molecule has 0 saturated heterocycles. The fourth-order valence-corrected chi connectivity index (χ4v) is 2.03. The van der Waals surface area contributed by atoms with Gasteiger partial charge in [-0.1, -0.05) is 6.07 Å². The summed E-state index contributed by atoms with van der Waals surface area (Å²) >= 11 is 0. The predicted octanol–water partition coefficient (Wildman–Crippen LogP) is 2.49. The average molecular weight is 303 g/mol. The van der Waals surface area contributed by atoms with Crippen molar-refractivity contribution in [1.29, 1.82) is 0 Å². The van der Waals surface area contributed by atoms with E-state index in [-0.39, 0.29) is 5.91 Å². The molecule has 0 aliphatic carbocycles. The third-order valence-electron chi connectivity index (χ3n) is 3.21. The monoisotopic (exact) mass is 303 g/mol. The number of nitrogens with one attached hydrogen (secondary N) is 1. The predicted molar refractivity (Wildman–Crippen MR) is 84.4 cm³/mol. The lowest BCUT2D eigenvalue weighted by molar-refractivity contribution is 0.102. The standard InChI is InChI=1S/C16H21N3O3/c1-4-19-15(12(2)11-17-19)18-16(20)13-6-5-7-14(10-13)22-9-8-21-3/h5-7,10-11H,4,8-9H2,1-3H3,(H,18,20). The molecule has 1 N–H and O–H groups in total. The summed E-state index contributed by atoms with van der Waals surface area (Å²) in [7, 11) is 1.62. The van der Waals surface area contributed by atoms with Gasteiger partial charge in [-0.15, -0.1) is 0 Å². The van der Waals surface area contributed by atoms with Crippen molar-refractivity contribution in [3.05, 3.63) is 41.6 Å². The maximum Gasteiger partial charge on any atom is 0.256 e. The van der Waals surface area contributed by atoms with Gasteiger partial charge in [-0.2, -0.15) is 5.10 Å². The summed E-state index contributed by atoms with van der Waals surface area (Å²) in [5, 5.41) is 7.11. The van der Waals surface area contributed by atoms with E-state index >= 15 is 0 Å². The molecule has 2 aromatic rings. The zero-order valence-electron chi connectivity index (χ0n) is 13.1. The second-order valence-electron chi connectivity index (χ2n) is 4.82. The van der Waals surface area contributed by atoms with Crippen LogP contribution in [0.3, 0.4) is 0 Å². The van der Waals surface area contributed by atoms with Crippen LogP contribution in [0.15, 0.2) is 30.5 Å². The van der Waals surface area contributed by atoms with Crippen LogP contribution < -0.4 is 10.1 Å². The average Bonchev–Trinajstić information content (AvgIpc) is 2.88. The number of hydrogen-bond donors (Lipinski definition) is 1. The first kappa shape index (κ1) is 16.0. The van der Waals surface area contributed by atoms with Gasteiger partial charge in [0.15, 0.2) is 0 Å². The Morgan fingerprint density at radius 2 is 2.18 bits per heavy atom. The summed E-state index contributed by atoms with van der Waals surface area (Å²) in [5.74, 6) is 1.18. The molecule has 1 aromatic carbocycles. The number of amides is 1. The molecule has 0 unspecified atom stereocenters. The molecule has 0 atom stereocenters. The number of anilines is 1. The smallest absolute Gasteiger partial charge is 0.256 e. The SMILES string of the molecule is CCn1ncc(C)c1NC(=O)c1cccc(OCCOC)c1. The summed E-state index contributed by atoms with van der Waals surface area (Å²) in [6.07, 6.45) is 1.74. The maximum atomic E-state index is 12.4. The van der Waals surface area contributed by atoms with Crippen LogP contribution in [0.2, 0.25) is 0 Å². The van der Waals surface area contributed by atoms with Crippen LogP contribution in [-0.4, -0.2) is 36.0 Å². The van der Waals surface area contributed by atoms with E-state index in [2.05, 4.69) is 10.4 Å². The topological polar surface area (TPSA) is 65.4 Å². The van der Waals surface area contributed by atoms with E-state index in [1.54, 1.807) is 36.2 Å². The molecule has 1 heterocycles. The van der Waals surface area contributed by atoms with E-state index in [0.717, 1.165) is 11.4 Å². The van der Waals surface area contributed by atoms with Crippen LogP contribution in [0, 0.1) is 6.92 Å². The van der Waals surface area contributed by atoms with Crippen molar-refractivity contribution in [2.75, 3.05) is 25.6 Å². The van der Waals surface area contributed by atoms with Crippen LogP contribution in [-0.2, 0) is 11.3 Å². The second kappa shape index (κ2) is 7.61. The number of benzene rings is 1. The van der Waals surface area contributed by atoms with E-state index in [1.807, 2.05) is 19.9 Å². The van der Waals surface area contributed by atoms with Gasteiger partial charge in [0.05, 0.1) is 12.8 Å². The highest BCUT2D eigenvalue weighted by atomic mass is 16.5. The molecular formula is C16H21N3O3. The first-order valence-electron chi connectivity index (χ1n) is 7.21. The molecule has 2 rings (SSSR count). The Bertz CT molecular complexity index is 637. The first-order valence-corrected chi connectivity index (χ1v) is 7.21. The third-order valence-corrected chi connectivity index (χ3v) is 3.21. The first-order chi connectivity index (χ1) is 10.7. The fourth-order valence-electron chi connectivity index (χ4n) is 2.03. The van der Waals surface area contributed by atoms with E-state index in [0.29, 0.717) is 31.1 Å². The van der Waals surface area contributed by atoms with Gasteiger partial charge in [0.2, 0.25) is 0 Å². The molecule has 0 aliphatic rings. The minimum atomic E-state index is -0.185. The zero-order valence-corrected chi connectivity index (χ0v) is 13.1. The Labute approximate surface area is 130 Å². The molecule has 0 saturated carbocycles.